The summed E-state index contributed by atoms with van der Waals surface area (Å²) in [5.41, 5.74) is 6.60. The van der Waals surface area contributed by atoms with Gasteiger partial charge in [-0.25, -0.2) is 4.79 Å². The largest absolute Gasteiger partial charge is 0.393 e. The molecule has 1 aromatic rings. The van der Waals surface area contributed by atoms with Gasteiger partial charge in [0.2, 0.25) is 0 Å². The van der Waals surface area contributed by atoms with Crippen molar-refractivity contribution in [3.8, 4) is 0 Å². The molecule has 2 amide bonds. The molecule has 0 aliphatic carbocycles. The molecule has 5 nitrogen and oxygen atoms in total. The van der Waals surface area contributed by atoms with Gasteiger partial charge in [-0.05, 0) is 30.9 Å². The van der Waals surface area contributed by atoms with Gasteiger partial charge in [-0.1, -0.05) is 18.3 Å². The number of nitrogens with zero attached hydrogens (tertiary/aromatic N) is 3. The Morgan fingerprint density at radius 1 is 1.38 bits per heavy atom. The number of hydrogen-bond donors (Lipinski definition) is 1. The third-order valence-corrected chi connectivity index (χ3v) is 3.83. The first-order chi connectivity index (χ1) is 10.2. The Hall–Kier alpha value is -1.69. The first kappa shape index (κ1) is 15.7. The molecule has 1 fully saturated rings. The zero-order valence-electron chi connectivity index (χ0n) is 12.2. The quantitative estimate of drug-likeness (QED) is 0.847. The van der Waals surface area contributed by atoms with E-state index < -0.39 is 0 Å². The minimum absolute atomic E-state index is 0.0785. The molecule has 114 valence electrons. The van der Waals surface area contributed by atoms with E-state index in [0.29, 0.717) is 24.5 Å². The van der Waals surface area contributed by atoms with Crippen molar-refractivity contribution in [2.45, 2.75) is 32.2 Å². The maximum Gasteiger partial charge on any atom is 0.320 e. The topological polar surface area (TPSA) is 62.5 Å². The molecule has 1 saturated heterocycles. The second-order valence-electron chi connectivity index (χ2n) is 5.33. The van der Waals surface area contributed by atoms with Gasteiger partial charge in [-0.3, -0.25) is 4.98 Å². The van der Waals surface area contributed by atoms with Crippen LogP contribution >= 0.6 is 12.2 Å². The summed E-state index contributed by atoms with van der Waals surface area (Å²) in [5, 5.41) is 0. The summed E-state index contributed by atoms with van der Waals surface area (Å²) in [5.74, 6) is 0. The molecule has 1 aromatic heterocycles. The monoisotopic (exact) mass is 306 g/mol. The van der Waals surface area contributed by atoms with Gasteiger partial charge in [-0.2, -0.15) is 0 Å². The number of carbonyl (C=O) groups excluding carboxylic acids is 1. The van der Waals surface area contributed by atoms with Crippen molar-refractivity contribution in [1.29, 1.82) is 0 Å². The molecule has 2 rings (SSSR count). The van der Waals surface area contributed by atoms with Gasteiger partial charge in [0.15, 0.2) is 0 Å². The van der Waals surface area contributed by atoms with E-state index in [1.807, 2.05) is 21.9 Å². The van der Waals surface area contributed by atoms with E-state index in [1.54, 1.807) is 12.4 Å². The van der Waals surface area contributed by atoms with Crippen LogP contribution in [0.1, 0.15) is 31.2 Å². The number of thiocarbonyl (C=S) groups is 1. The summed E-state index contributed by atoms with van der Waals surface area (Å²) in [6, 6.07) is 3.94. The summed E-state index contributed by atoms with van der Waals surface area (Å²) in [7, 11) is 0. The predicted molar refractivity (Wildman–Crippen MR) is 86.9 cm³/mol. The van der Waals surface area contributed by atoms with Crippen molar-refractivity contribution in [2.75, 3.05) is 19.6 Å². The van der Waals surface area contributed by atoms with E-state index in [-0.39, 0.29) is 6.03 Å². The molecule has 1 aliphatic rings. The van der Waals surface area contributed by atoms with Crippen LogP contribution in [0.5, 0.6) is 0 Å². The van der Waals surface area contributed by atoms with E-state index in [9.17, 15) is 4.79 Å². The van der Waals surface area contributed by atoms with Gasteiger partial charge in [0.25, 0.3) is 0 Å². The summed E-state index contributed by atoms with van der Waals surface area (Å²) >= 11 is 4.94. The molecule has 2 heterocycles. The minimum atomic E-state index is 0.0785. The zero-order valence-corrected chi connectivity index (χ0v) is 13.0. The Morgan fingerprint density at radius 3 is 2.76 bits per heavy atom. The summed E-state index contributed by atoms with van der Waals surface area (Å²) in [6.07, 6.45) is 7.45. The molecule has 0 bridgehead atoms. The molecule has 0 atom stereocenters. The Morgan fingerprint density at radius 2 is 2.14 bits per heavy atom. The number of aromatic nitrogens is 1. The second kappa shape index (κ2) is 7.93. The smallest absolute Gasteiger partial charge is 0.320 e. The van der Waals surface area contributed by atoms with Crippen LogP contribution in [0.15, 0.2) is 24.5 Å². The zero-order chi connectivity index (χ0) is 15.1. The van der Waals surface area contributed by atoms with Crippen LogP contribution in [-0.4, -0.2) is 45.4 Å². The Labute approximate surface area is 131 Å². The van der Waals surface area contributed by atoms with E-state index in [0.717, 1.165) is 31.5 Å². The van der Waals surface area contributed by atoms with Crippen molar-refractivity contribution in [3.05, 3.63) is 30.1 Å². The molecule has 0 unspecified atom stereocenters. The van der Waals surface area contributed by atoms with Crippen molar-refractivity contribution >= 4 is 23.2 Å². The number of nitrogens with two attached hydrogens (primary N) is 1. The molecular weight excluding hydrogens is 284 g/mol. The molecule has 2 N–H and O–H groups in total. The molecule has 0 aromatic carbocycles. The lowest BCUT2D eigenvalue weighted by molar-refractivity contribution is 0.142. The average molecular weight is 306 g/mol. The highest BCUT2D eigenvalue weighted by molar-refractivity contribution is 7.80. The third kappa shape index (κ3) is 4.97. The first-order valence-corrected chi connectivity index (χ1v) is 7.78. The van der Waals surface area contributed by atoms with E-state index in [1.165, 1.54) is 6.42 Å². The van der Waals surface area contributed by atoms with Crippen LogP contribution in [-0.2, 0) is 6.54 Å². The van der Waals surface area contributed by atoms with Crippen LogP contribution in [0.3, 0.4) is 0 Å². The fraction of sp³-hybridized carbons (Fsp3) is 0.533. The predicted octanol–water partition coefficient (Wildman–Crippen LogP) is 2.17. The SMILES string of the molecule is NC(=S)CCN(Cc1cccnc1)C(=O)N1CCCCC1. The highest BCUT2D eigenvalue weighted by Gasteiger charge is 2.22. The van der Waals surface area contributed by atoms with Gasteiger partial charge in [-0.15, -0.1) is 0 Å². The number of carbonyl (C=O) groups is 1. The Bertz CT molecular complexity index is 474. The summed E-state index contributed by atoms with van der Waals surface area (Å²) in [4.78, 5) is 21.0. The molecular formula is C15H22N4OS. The van der Waals surface area contributed by atoms with Crippen LogP contribution < -0.4 is 5.73 Å². The highest BCUT2D eigenvalue weighted by atomic mass is 32.1. The number of likely N-dealkylation sites (tertiary alicyclic amines) is 1. The average Bonchev–Trinajstić information content (AvgIpc) is 2.52. The summed E-state index contributed by atoms with van der Waals surface area (Å²) in [6.45, 7) is 2.79. The lowest BCUT2D eigenvalue weighted by Gasteiger charge is -2.33. The Balaban J connectivity index is 2.03. The standard InChI is InChI=1S/C15H22N4OS/c16-14(21)6-10-19(12-13-5-4-7-17-11-13)15(20)18-8-2-1-3-9-18/h4-5,7,11H,1-3,6,8-10,12H2,(H2,16,21). The molecule has 0 spiro atoms. The van der Waals surface area contributed by atoms with Gasteiger partial charge in [0.05, 0.1) is 4.99 Å². The molecule has 6 heteroatoms. The summed E-state index contributed by atoms with van der Waals surface area (Å²) < 4.78 is 0. The number of urea groups is 1. The highest BCUT2D eigenvalue weighted by Crippen LogP contribution is 2.13. The number of piperidine rings is 1. The van der Waals surface area contributed by atoms with Gasteiger partial charge in [0.1, 0.15) is 0 Å². The number of rotatable bonds is 5. The van der Waals surface area contributed by atoms with E-state index in [4.69, 9.17) is 18.0 Å². The Kier molecular flexibility index (Phi) is 5.92. The molecule has 0 radical (unpaired) electrons. The molecule has 1 aliphatic heterocycles. The van der Waals surface area contributed by atoms with Crippen LogP contribution in [0.2, 0.25) is 0 Å². The van der Waals surface area contributed by atoms with Crippen LogP contribution in [0, 0.1) is 0 Å². The number of amides is 2. The lowest BCUT2D eigenvalue weighted by Crippen LogP contribution is -2.46. The van der Waals surface area contributed by atoms with Gasteiger partial charge < -0.3 is 15.5 Å². The van der Waals surface area contributed by atoms with Crippen molar-refractivity contribution in [2.24, 2.45) is 5.73 Å². The van der Waals surface area contributed by atoms with Gasteiger partial charge >= 0.3 is 6.03 Å². The fourth-order valence-corrected chi connectivity index (χ4v) is 2.58. The fourth-order valence-electron chi connectivity index (χ4n) is 2.48. The maximum atomic E-state index is 12.7. The van der Waals surface area contributed by atoms with Crippen molar-refractivity contribution in [3.63, 3.8) is 0 Å². The lowest BCUT2D eigenvalue weighted by atomic mass is 10.1. The molecule has 21 heavy (non-hydrogen) atoms. The van der Waals surface area contributed by atoms with E-state index >= 15 is 0 Å². The normalized spacial score (nSPS) is 14.8. The number of hydrogen-bond acceptors (Lipinski definition) is 3. The molecule has 0 saturated carbocycles. The first-order valence-electron chi connectivity index (χ1n) is 7.38. The van der Waals surface area contributed by atoms with Crippen molar-refractivity contribution in [1.82, 2.24) is 14.8 Å². The third-order valence-electron chi connectivity index (χ3n) is 3.62. The van der Waals surface area contributed by atoms with Gasteiger partial charge in [0, 0.05) is 45.0 Å². The minimum Gasteiger partial charge on any atom is -0.393 e. The van der Waals surface area contributed by atoms with E-state index in [2.05, 4.69) is 4.98 Å². The maximum absolute atomic E-state index is 12.7. The van der Waals surface area contributed by atoms with Crippen LogP contribution in [0.25, 0.3) is 0 Å². The van der Waals surface area contributed by atoms with Crippen molar-refractivity contribution < 1.29 is 4.79 Å². The number of pyridine rings is 1. The second-order valence-corrected chi connectivity index (χ2v) is 5.85. The van der Waals surface area contributed by atoms with Crippen LogP contribution in [0.4, 0.5) is 4.79 Å².